The number of hydrogen-bond donors (Lipinski definition) is 1. The Morgan fingerprint density at radius 3 is 2.38 bits per heavy atom. The van der Waals surface area contributed by atoms with E-state index in [0.717, 1.165) is 25.9 Å². The van der Waals surface area contributed by atoms with Crippen molar-refractivity contribution in [2.24, 2.45) is 17.6 Å². The Bertz CT molecular complexity index is 238. The highest BCUT2D eigenvalue weighted by Gasteiger charge is 2.34. The van der Waals surface area contributed by atoms with Crippen molar-refractivity contribution in [1.82, 2.24) is 4.90 Å². The van der Waals surface area contributed by atoms with Crippen LogP contribution < -0.4 is 5.73 Å². The second-order valence-corrected chi connectivity index (χ2v) is 5.54. The first kappa shape index (κ1) is 13.7. The standard InChI is InChI=1S/C13H26N2O/c1-9(2)13(16)12-6-5-11(7-14)8-15(12)10(3)4/h9-12H,5-8,14H2,1-4H3/t11?,12-/m0/s1. The van der Waals surface area contributed by atoms with Crippen molar-refractivity contribution in [2.75, 3.05) is 13.1 Å². The molecule has 16 heavy (non-hydrogen) atoms. The zero-order chi connectivity index (χ0) is 12.3. The van der Waals surface area contributed by atoms with E-state index in [1.54, 1.807) is 0 Å². The minimum atomic E-state index is 0.128. The van der Waals surface area contributed by atoms with Crippen LogP contribution in [0.25, 0.3) is 0 Å². The number of likely N-dealkylation sites (tertiary alicyclic amines) is 1. The lowest BCUT2D eigenvalue weighted by Gasteiger charge is -2.41. The van der Waals surface area contributed by atoms with Crippen molar-refractivity contribution in [3.05, 3.63) is 0 Å². The molecule has 2 N–H and O–H groups in total. The molecule has 1 aliphatic rings. The molecule has 0 aliphatic carbocycles. The summed E-state index contributed by atoms with van der Waals surface area (Å²) in [4.78, 5) is 14.5. The van der Waals surface area contributed by atoms with E-state index in [0.29, 0.717) is 17.7 Å². The maximum Gasteiger partial charge on any atom is 0.152 e. The van der Waals surface area contributed by atoms with Gasteiger partial charge in [-0.05, 0) is 39.2 Å². The minimum absolute atomic E-state index is 0.128. The van der Waals surface area contributed by atoms with Crippen LogP contribution in [-0.4, -0.2) is 35.9 Å². The number of carbonyl (C=O) groups excluding carboxylic acids is 1. The van der Waals surface area contributed by atoms with E-state index in [-0.39, 0.29) is 12.0 Å². The Morgan fingerprint density at radius 1 is 1.31 bits per heavy atom. The van der Waals surface area contributed by atoms with E-state index in [9.17, 15) is 4.79 Å². The summed E-state index contributed by atoms with van der Waals surface area (Å²) < 4.78 is 0. The summed E-state index contributed by atoms with van der Waals surface area (Å²) in [5.74, 6) is 1.10. The maximum absolute atomic E-state index is 12.1. The summed E-state index contributed by atoms with van der Waals surface area (Å²) >= 11 is 0. The summed E-state index contributed by atoms with van der Waals surface area (Å²) in [7, 11) is 0. The largest absolute Gasteiger partial charge is 0.330 e. The molecule has 94 valence electrons. The molecule has 1 heterocycles. The number of carbonyl (C=O) groups is 1. The van der Waals surface area contributed by atoms with Gasteiger partial charge in [-0.25, -0.2) is 0 Å². The normalized spacial score (nSPS) is 27.7. The number of piperidine rings is 1. The Hall–Kier alpha value is -0.410. The molecule has 2 atom stereocenters. The van der Waals surface area contributed by atoms with Crippen LogP contribution in [0.2, 0.25) is 0 Å². The van der Waals surface area contributed by atoms with Crippen LogP contribution >= 0.6 is 0 Å². The molecular formula is C13H26N2O. The minimum Gasteiger partial charge on any atom is -0.330 e. The first-order valence-electron chi connectivity index (χ1n) is 6.46. The van der Waals surface area contributed by atoms with Gasteiger partial charge < -0.3 is 5.73 Å². The van der Waals surface area contributed by atoms with Gasteiger partial charge in [0.25, 0.3) is 0 Å². The molecule has 1 rings (SSSR count). The molecule has 0 aromatic carbocycles. The molecule has 0 saturated carbocycles. The number of nitrogens with two attached hydrogens (primary N) is 1. The molecule has 0 amide bonds. The molecule has 0 spiro atoms. The average Bonchev–Trinajstić information content (AvgIpc) is 2.26. The zero-order valence-corrected chi connectivity index (χ0v) is 11.1. The molecule has 1 fully saturated rings. The molecule has 1 unspecified atom stereocenters. The van der Waals surface area contributed by atoms with Crippen LogP contribution in [0.1, 0.15) is 40.5 Å². The fourth-order valence-electron chi connectivity index (χ4n) is 2.53. The van der Waals surface area contributed by atoms with Crippen LogP contribution in [0, 0.1) is 11.8 Å². The summed E-state index contributed by atoms with van der Waals surface area (Å²) in [6.45, 7) is 10.0. The van der Waals surface area contributed by atoms with Gasteiger partial charge in [-0.2, -0.15) is 0 Å². The van der Waals surface area contributed by atoms with Gasteiger partial charge in [-0.3, -0.25) is 9.69 Å². The first-order chi connectivity index (χ1) is 7.47. The highest BCUT2D eigenvalue weighted by atomic mass is 16.1. The number of Topliss-reactive ketones (excluding diaryl/α,β-unsaturated/α-hetero) is 1. The highest BCUT2D eigenvalue weighted by Crippen LogP contribution is 2.25. The van der Waals surface area contributed by atoms with E-state index < -0.39 is 0 Å². The topological polar surface area (TPSA) is 46.3 Å². The van der Waals surface area contributed by atoms with Gasteiger partial charge in [0, 0.05) is 18.5 Å². The van der Waals surface area contributed by atoms with Crippen LogP contribution in [0.3, 0.4) is 0 Å². The number of ketones is 1. The van der Waals surface area contributed by atoms with Gasteiger partial charge in [-0.1, -0.05) is 13.8 Å². The fraction of sp³-hybridized carbons (Fsp3) is 0.923. The Morgan fingerprint density at radius 2 is 1.94 bits per heavy atom. The van der Waals surface area contributed by atoms with Crippen LogP contribution in [-0.2, 0) is 4.79 Å². The van der Waals surface area contributed by atoms with Crippen molar-refractivity contribution in [3.63, 3.8) is 0 Å². The SMILES string of the molecule is CC(C)C(=O)[C@@H]1CCC(CN)CN1C(C)C. The van der Waals surface area contributed by atoms with E-state index in [1.807, 2.05) is 13.8 Å². The van der Waals surface area contributed by atoms with Gasteiger partial charge >= 0.3 is 0 Å². The van der Waals surface area contributed by atoms with Crippen LogP contribution in [0.4, 0.5) is 0 Å². The number of hydrogen-bond acceptors (Lipinski definition) is 3. The fourth-order valence-corrected chi connectivity index (χ4v) is 2.53. The molecule has 0 bridgehead atoms. The summed E-state index contributed by atoms with van der Waals surface area (Å²) in [6, 6.07) is 0.560. The third-order valence-electron chi connectivity index (χ3n) is 3.61. The predicted octanol–water partition coefficient (Wildman–Crippen LogP) is 1.66. The quantitative estimate of drug-likeness (QED) is 0.793. The lowest BCUT2D eigenvalue weighted by molar-refractivity contribution is -0.130. The molecular weight excluding hydrogens is 200 g/mol. The van der Waals surface area contributed by atoms with Crippen molar-refractivity contribution >= 4 is 5.78 Å². The Kier molecular flexibility index (Phi) is 4.93. The van der Waals surface area contributed by atoms with Crippen molar-refractivity contribution < 1.29 is 4.79 Å². The highest BCUT2D eigenvalue weighted by molar-refractivity contribution is 5.85. The van der Waals surface area contributed by atoms with E-state index in [4.69, 9.17) is 5.73 Å². The van der Waals surface area contributed by atoms with Crippen molar-refractivity contribution in [2.45, 2.75) is 52.6 Å². The first-order valence-corrected chi connectivity index (χ1v) is 6.46. The molecule has 3 nitrogen and oxygen atoms in total. The molecule has 3 heteroatoms. The monoisotopic (exact) mass is 226 g/mol. The van der Waals surface area contributed by atoms with Crippen molar-refractivity contribution in [3.8, 4) is 0 Å². The predicted molar refractivity (Wildman–Crippen MR) is 67.3 cm³/mol. The third-order valence-corrected chi connectivity index (χ3v) is 3.61. The van der Waals surface area contributed by atoms with Crippen LogP contribution in [0.15, 0.2) is 0 Å². The maximum atomic E-state index is 12.1. The summed E-state index contributed by atoms with van der Waals surface area (Å²) in [5, 5.41) is 0. The average molecular weight is 226 g/mol. The second kappa shape index (κ2) is 5.78. The zero-order valence-electron chi connectivity index (χ0n) is 11.1. The molecule has 0 aromatic rings. The van der Waals surface area contributed by atoms with Gasteiger partial charge in [0.2, 0.25) is 0 Å². The second-order valence-electron chi connectivity index (χ2n) is 5.54. The molecule has 1 saturated heterocycles. The van der Waals surface area contributed by atoms with Gasteiger partial charge in [0.05, 0.1) is 6.04 Å². The van der Waals surface area contributed by atoms with E-state index >= 15 is 0 Å². The van der Waals surface area contributed by atoms with Gasteiger partial charge in [0.15, 0.2) is 5.78 Å². The number of rotatable bonds is 4. The van der Waals surface area contributed by atoms with E-state index in [1.165, 1.54) is 0 Å². The van der Waals surface area contributed by atoms with Gasteiger partial charge in [0.1, 0.15) is 0 Å². The summed E-state index contributed by atoms with van der Waals surface area (Å²) in [6.07, 6.45) is 2.08. The molecule has 0 radical (unpaired) electrons. The van der Waals surface area contributed by atoms with Crippen molar-refractivity contribution in [1.29, 1.82) is 0 Å². The third kappa shape index (κ3) is 3.05. The molecule has 1 aliphatic heterocycles. The lowest BCUT2D eigenvalue weighted by atomic mass is 9.86. The van der Waals surface area contributed by atoms with Crippen LogP contribution in [0.5, 0.6) is 0 Å². The Balaban J connectivity index is 2.72. The lowest BCUT2D eigenvalue weighted by Crippen LogP contribution is -2.52. The molecule has 0 aromatic heterocycles. The van der Waals surface area contributed by atoms with E-state index in [2.05, 4.69) is 18.7 Å². The smallest absolute Gasteiger partial charge is 0.152 e. The Labute approximate surface area is 99.4 Å². The summed E-state index contributed by atoms with van der Waals surface area (Å²) in [5.41, 5.74) is 5.74. The number of nitrogens with zero attached hydrogens (tertiary/aromatic N) is 1. The van der Waals surface area contributed by atoms with Gasteiger partial charge in [-0.15, -0.1) is 0 Å².